The number of para-hydroxylation sites is 2. The highest BCUT2D eigenvalue weighted by molar-refractivity contribution is 6.17. The predicted octanol–water partition coefficient (Wildman–Crippen LogP) is 4.25. The van der Waals surface area contributed by atoms with Crippen molar-refractivity contribution < 1.29 is 14.4 Å². The molecule has 162 valence electrons. The molecule has 3 aliphatic rings. The Morgan fingerprint density at radius 2 is 1.61 bits per heavy atom. The van der Waals surface area contributed by atoms with E-state index in [1.54, 1.807) is 12.1 Å². The number of carbonyl (C=O) groups is 3. The van der Waals surface area contributed by atoms with Gasteiger partial charge in [-0.25, -0.2) is 0 Å². The minimum absolute atomic E-state index is 0.134. The third-order valence-corrected chi connectivity index (χ3v) is 7.27. The van der Waals surface area contributed by atoms with Crippen molar-refractivity contribution in [2.45, 2.75) is 24.4 Å². The molecule has 3 aliphatic heterocycles. The molecule has 1 spiro atoms. The number of anilines is 2. The van der Waals surface area contributed by atoms with Crippen LogP contribution in [0.15, 0.2) is 84.9 Å². The first-order chi connectivity index (χ1) is 16.0. The van der Waals surface area contributed by atoms with Gasteiger partial charge in [0, 0.05) is 16.9 Å². The highest BCUT2D eigenvalue weighted by Gasteiger charge is 2.70. The van der Waals surface area contributed by atoms with Gasteiger partial charge in [-0.1, -0.05) is 78.9 Å². The molecule has 6 rings (SSSR count). The number of fused-ring (bicyclic) bond motifs is 5. The maximum atomic E-state index is 14.1. The predicted molar refractivity (Wildman–Crippen MR) is 127 cm³/mol. The van der Waals surface area contributed by atoms with Gasteiger partial charge in [0.15, 0.2) is 11.6 Å². The standard InChI is InChI=1S/C28H22N2O3/c1-17(31)26-28(20-12-6-7-13-21(20)29-27(28)33)24(25(32)19-10-3-2-4-11-19)23-16-15-18-9-5-8-14-22(18)30(23)26/h2-16,23-24,26H,1H3,(H,29,33). The van der Waals surface area contributed by atoms with Crippen molar-refractivity contribution in [2.75, 3.05) is 10.2 Å². The number of carbonyl (C=O) groups excluding carboxylic acids is 3. The Bertz CT molecular complexity index is 1350. The van der Waals surface area contributed by atoms with Crippen molar-refractivity contribution in [1.29, 1.82) is 0 Å². The fraction of sp³-hybridized carbons (Fsp3) is 0.179. The Balaban J connectivity index is 1.67. The SMILES string of the molecule is CC(=O)C1N2c3ccccc3C=CC2C(C(=O)c2ccccc2)C12C(=O)Nc1ccccc12. The van der Waals surface area contributed by atoms with E-state index in [1.165, 1.54) is 6.92 Å². The Morgan fingerprint density at radius 3 is 2.39 bits per heavy atom. The second kappa shape index (κ2) is 7.01. The van der Waals surface area contributed by atoms with Crippen LogP contribution in [0.1, 0.15) is 28.4 Å². The first kappa shape index (κ1) is 19.7. The number of nitrogens with one attached hydrogen (secondary N) is 1. The summed E-state index contributed by atoms with van der Waals surface area (Å²) in [5.41, 5.74) is 2.42. The van der Waals surface area contributed by atoms with Gasteiger partial charge in [-0.2, -0.15) is 0 Å². The van der Waals surface area contributed by atoms with Crippen molar-refractivity contribution in [3.8, 4) is 0 Å². The van der Waals surface area contributed by atoms with Gasteiger partial charge in [-0.15, -0.1) is 0 Å². The van der Waals surface area contributed by atoms with Crippen LogP contribution in [-0.4, -0.2) is 29.6 Å². The molecule has 1 amide bonds. The molecule has 33 heavy (non-hydrogen) atoms. The number of amides is 1. The van der Waals surface area contributed by atoms with E-state index < -0.39 is 23.4 Å². The van der Waals surface area contributed by atoms with Crippen LogP contribution in [0.5, 0.6) is 0 Å². The maximum Gasteiger partial charge on any atom is 0.238 e. The molecule has 0 saturated carbocycles. The van der Waals surface area contributed by atoms with Crippen molar-refractivity contribution in [2.24, 2.45) is 5.92 Å². The van der Waals surface area contributed by atoms with Crippen LogP contribution >= 0.6 is 0 Å². The smallest absolute Gasteiger partial charge is 0.238 e. The summed E-state index contributed by atoms with van der Waals surface area (Å²) in [6, 6.07) is 23.1. The normalized spacial score (nSPS) is 26.5. The monoisotopic (exact) mass is 434 g/mol. The van der Waals surface area contributed by atoms with Crippen LogP contribution in [-0.2, 0) is 15.0 Å². The molecule has 1 saturated heterocycles. The zero-order valence-corrected chi connectivity index (χ0v) is 18.1. The van der Waals surface area contributed by atoms with E-state index in [1.807, 2.05) is 83.8 Å². The average Bonchev–Trinajstić information content (AvgIpc) is 3.32. The lowest BCUT2D eigenvalue weighted by atomic mass is 9.64. The average molecular weight is 434 g/mol. The van der Waals surface area contributed by atoms with Gasteiger partial charge < -0.3 is 10.2 Å². The lowest BCUT2D eigenvalue weighted by Gasteiger charge is -2.36. The van der Waals surface area contributed by atoms with Gasteiger partial charge in [0.2, 0.25) is 5.91 Å². The van der Waals surface area contributed by atoms with Gasteiger partial charge in [0.05, 0.1) is 12.0 Å². The highest BCUT2D eigenvalue weighted by atomic mass is 16.2. The summed E-state index contributed by atoms with van der Waals surface area (Å²) in [6.07, 6.45) is 3.98. The van der Waals surface area contributed by atoms with Crippen LogP contribution in [0.25, 0.3) is 6.08 Å². The van der Waals surface area contributed by atoms with Gasteiger partial charge >= 0.3 is 0 Å². The van der Waals surface area contributed by atoms with E-state index in [0.717, 1.165) is 11.3 Å². The van der Waals surface area contributed by atoms with Gasteiger partial charge in [0.25, 0.3) is 0 Å². The first-order valence-corrected chi connectivity index (χ1v) is 11.1. The molecule has 4 atom stereocenters. The summed E-state index contributed by atoms with van der Waals surface area (Å²) in [5, 5.41) is 2.99. The molecule has 0 aromatic heterocycles. The first-order valence-electron chi connectivity index (χ1n) is 11.1. The number of nitrogens with zero attached hydrogens (tertiary/aromatic N) is 1. The number of hydrogen-bond acceptors (Lipinski definition) is 4. The summed E-state index contributed by atoms with van der Waals surface area (Å²) in [5.74, 6) is -1.33. The summed E-state index contributed by atoms with van der Waals surface area (Å²) in [6.45, 7) is 1.52. The summed E-state index contributed by atoms with van der Waals surface area (Å²) in [7, 11) is 0. The van der Waals surface area contributed by atoms with Crippen molar-refractivity contribution >= 4 is 34.9 Å². The summed E-state index contributed by atoms with van der Waals surface area (Å²) >= 11 is 0. The second-order valence-electron chi connectivity index (χ2n) is 8.91. The topological polar surface area (TPSA) is 66.5 Å². The lowest BCUT2D eigenvalue weighted by molar-refractivity contribution is -0.127. The molecule has 3 aromatic carbocycles. The lowest BCUT2D eigenvalue weighted by Crippen LogP contribution is -2.54. The van der Waals surface area contributed by atoms with Crippen LogP contribution in [0, 0.1) is 5.92 Å². The number of ketones is 2. The summed E-state index contributed by atoms with van der Waals surface area (Å²) < 4.78 is 0. The molecule has 0 radical (unpaired) electrons. The Labute approximate surface area is 191 Å². The van der Waals surface area contributed by atoms with Crippen molar-refractivity contribution in [1.82, 2.24) is 0 Å². The second-order valence-corrected chi connectivity index (χ2v) is 8.91. The van der Waals surface area contributed by atoms with E-state index in [-0.39, 0.29) is 17.5 Å². The fourth-order valence-electron chi connectivity index (χ4n) is 6.10. The van der Waals surface area contributed by atoms with E-state index >= 15 is 0 Å². The molecule has 5 heteroatoms. The van der Waals surface area contributed by atoms with Crippen LogP contribution in [0.3, 0.4) is 0 Å². The molecule has 0 aliphatic carbocycles. The third-order valence-electron chi connectivity index (χ3n) is 7.27. The Kier molecular flexibility index (Phi) is 4.18. The number of hydrogen-bond donors (Lipinski definition) is 1. The van der Waals surface area contributed by atoms with Crippen LogP contribution in [0.2, 0.25) is 0 Å². The van der Waals surface area contributed by atoms with Gasteiger partial charge in [-0.3, -0.25) is 14.4 Å². The highest BCUT2D eigenvalue weighted by Crippen LogP contribution is 2.57. The zero-order valence-electron chi connectivity index (χ0n) is 18.1. The molecule has 5 nitrogen and oxygen atoms in total. The van der Waals surface area contributed by atoms with E-state index in [2.05, 4.69) is 5.32 Å². The van der Waals surface area contributed by atoms with Crippen LogP contribution < -0.4 is 10.2 Å². The molecule has 4 unspecified atom stereocenters. The van der Waals surface area contributed by atoms with Crippen LogP contribution in [0.4, 0.5) is 11.4 Å². The quantitative estimate of drug-likeness (QED) is 0.626. The van der Waals surface area contributed by atoms with Crippen molar-refractivity contribution in [3.05, 3.63) is 102 Å². The minimum Gasteiger partial charge on any atom is -0.352 e. The van der Waals surface area contributed by atoms with E-state index in [9.17, 15) is 14.4 Å². The number of rotatable bonds is 3. The molecular weight excluding hydrogens is 412 g/mol. The van der Waals surface area contributed by atoms with Gasteiger partial charge in [-0.05, 0) is 30.2 Å². The third kappa shape index (κ3) is 2.50. The zero-order chi connectivity index (χ0) is 22.7. The van der Waals surface area contributed by atoms with E-state index in [0.29, 0.717) is 16.8 Å². The molecule has 3 aromatic rings. The molecule has 1 fully saturated rings. The van der Waals surface area contributed by atoms with E-state index in [4.69, 9.17) is 0 Å². The Morgan fingerprint density at radius 1 is 0.909 bits per heavy atom. The van der Waals surface area contributed by atoms with Gasteiger partial charge in [0.1, 0.15) is 11.5 Å². The number of Topliss-reactive ketones (excluding diaryl/α,β-unsaturated/α-hetero) is 2. The van der Waals surface area contributed by atoms with Crippen molar-refractivity contribution in [3.63, 3.8) is 0 Å². The molecule has 0 bridgehead atoms. The minimum atomic E-state index is -1.33. The summed E-state index contributed by atoms with van der Waals surface area (Å²) in [4.78, 5) is 43.4. The molecular formula is C28H22N2O3. The maximum absolute atomic E-state index is 14.1. The molecule has 3 heterocycles. The fourth-order valence-corrected chi connectivity index (χ4v) is 6.10. The number of benzene rings is 3. The Hall–Kier alpha value is -3.99. The molecule has 1 N–H and O–H groups in total. The largest absolute Gasteiger partial charge is 0.352 e.